The molecule has 0 aliphatic heterocycles. The molecule has 0 saturated heterocycles. The summed E-state index contributed by atoms with van der Waals surface area (Å²) in [6.45, 7) is 3.94. The van der Waals surface area contributed by atoms with E-state index in [1.807, 2.05) is 32.0 Å². The standard InChI is InChI=1S/C14H18O2/c1-10-6-5-7-12(11(10)2)13(15)14(16)8-3-4-9-14/h5-7,16H,3-4,8-9H2,1-2H3. The highest BCUT2D eigenvalue weighted by atomic mass is 16.3. The third-order valence-electron chi connectivity index (χ3n) is 3.70. The van der Waals surface area contributed by atoms with Crippen molar-refractivity contribution in [2.24, 2.45) is 0 Å². The minimum absolute atomic E-state index is 0.0915. The van der Waals surface area contributed by atoms with E-state index in [9.17, 15) is 9.90 Å². The molecule has 0 unspecified atom stereocenters. The van der Waals surface area contributed by atoms with Crippen LogP contribution in [-0.2, 0) is 0 Å². The Morgan fingerprint density at radius 1 is 1.25 bits per heavy atom. The van der Waals surface area contributed by atoms with Gasteiger partial charge in [0.25, 0.3) is 0 Å². The first-order valence-electron chi connectivity index (χ1n) is 5.88. The predicted molar refractivity (Wildman–Crippen MR) is 63.7 cm³/mol. The summed E-state index contributed by atoms with van der Waals surface area (Å²) in [7, 11) is 0. The summed E-state index contributed by atoms with van der Waals surface area (Å²) in [5.41, 5.74) is 1.68. The quantitative estimate of drug-likeness (QED) is 0.775. The van der Waals surface area contributed by atoms with E-state index in [2.05, 4.69) is 0 Å². The van der Waals surface area contributed by atoms with Crippen molar-refractivity contribution >= 4 is 5.78 Å². The van der Waals surface area contributed by atoms with Gasteiger partial charge >= 0.3 is 0 Å². The van der Waals surface area contributed by atoms with Gasteiger partial charge in [-0.2, -0.15) is 0 Å². The summed E-state index contributed by atoms with van der Waals surface area (Å²) >= 11 is 0. The van der Waals surface area contributed by atoms with E-state index in [1.54, 1.807) is 0 Å². The van der Waals surface area contributed by atoms with Crippen molar-refractivity contribution in [1.82, 2.24) is 0 Å². The van der Waals surface area contributed by atoms with Crippen molar-refractivity contribution in [2.75, 3.05) is 0 Å². The zero-order chi connectivity index (χ0) is 11.8. The molecule has 1 saturated carbocycles. The number of carbonyl (C=O) groups excluding carboxylic acids is 1. The highest BCUT2D eigenvalue weighted by molar-refractivity contribution is 6.03. The third-order valence-corrected chi connectivity index (χ3v) is 3.70. The lowest BCUT2D eigenvalue weighted by Gasteiger charge is -2.21. The van der Waals surface area contributed by atoms with Gasteiger partial charge in [-0.1, -0.05) is 18.2 Å². The average Bonchev–Trinajstić information content (AvgIpc) is 2.70. The number of aryl methyl sites for hydroxylation is 1. The van der Waals surface area contributed by atoms with Crippen LogP contribution in [0.2, 0.25) is 0 Å². The number of Topliss-reactive ketones (excluding diaryl/α,β-unsaturated/α-hetero) is 1. The first-order valence-corrected chi connectivity index (χ1v) is 5.88. The molecule has 0 atom stereocenters. The van der Waals surface area contributed by atoms with Crippen LogP contribution < -0.4 is 0 Å². The van der Waals surface area contributed by atoms with Crippen LogP contribution in [-0.4, -0.2) is 16.5 Å². The van der Waals surface area contributed by atoms with Crippen LogP contribution in [0.1, 0.15) is 47.2 Å². The van der Waals surface area contributed by atoms with Crippen molar-refractivity contribution in [3.05, 3.63) is 34.9 Å². The Bertz CT molecular complexity index is 415. The van der Waals surface area contributed by atoms with Crippen molar-refractivity contribution < 1.29 is 9.90 Å². The predicted octanol–water partition coefficient (Wildman–Crippen LogP) is 2.79. The van der Waals surface area contributed by atoms with Crippen molar-refractivity contribution in [3.63, 3.8) is 0 Å². The highest BCUT2D eigenvalue weighted by Gasteiger charge is 2.39. The average molecular weight is 218 g/mol. The number of hydrogen-bond acceptors (Lipinski definition) is 2. The lowest BCUT2D eigenvalue weighted by atomic mass is 9.88. The summed E-state index contributed by atoms with van der Waals surface area (Å²) in [6, 6.07) is 5.69. The lowest BCUT2D eigenvalue weighted by molar-refractivity contribution is 0.0352. The Balaban J connectivity index is 2.37. The molecule has 2 heteroatoms. The normalized spacial score (nSPS) is 18.7. The fourth-order valence-electron chi connectivity index (χ4n) is 2.43. The molecule has 1 aromatic rings. The molecule has 1 fully saturated rings. The molecule has 0 heterocycles. The van der Waals surface area contributed by atoms with Crippen LogP contribution in [0.25, 0.3) is 0 Å². The molecule has 1 N–H and O–H groups in total. The van der Waals surface area contributed by atoms with E-state index in [0.717, 1.165) is 24.0 Å². The molecule has 86 valence electrons. The molecule has 2 rings (SSSR count). The molecule has 0 radical (unpaired) electrons. The summed E-state index contributed by atoms with van der Waals surface area (Å²) in [6.07, 6.45) is 3.12. The van der Waals surface area contributed by atoms with Crippen molar-refractivity contribution in [2.45, 2.75) is 45.1 Å². The third kappa shape index (κ3) is 1.78. The molecule has 16 heavy (non-hydrogen) atoms. The zero-order valence-electron chi connectivity index (χ0n) is 9.92. The van der Waals surface area contributed by atoms with Gasteiger partial charge in [-0.3, -0.25) is 4.79 Å². The maximum absolute atomic E-state index is 12.3. The Kier molecular flexibility index (Phi) is 2.85. The van der Waals surface area contributed by atoms with Crippen LogP contribution in [0.5, 0.6) is 0 Å². The van der Waals surface area contributed by atoms with Gasteiger partial charge in [-0.05, 0) is 50.7 Å². The van der Waals surface area contributed by atoms with Crippen LogP contribution in [0.4, 0.5) is 0 Å². The van der Waals surface area contributed by atoms with E-state index < -0.39 is 5.60 Å². The van der Waals surface area contributed by atoms with E-state index in [1.165, 1.54) is 0 Å². The zero-order valence-corrected chi connectivity index (χ0v) is 9.92. The fraction of sp³-hybridized carbons (Fsp3) is 0.500. The van der Waals surface area contributed by atoms with Crippen LogP contribution in [0.3, 0.4) is 0 Å². The van der Waals surface area contributed by atoms with E-state index >= 15 is 0 Å². The van der Waals surface area contributed by atoms with Gasteiger partial charge in [0, 0.05) is 5.56 Å². The second-order valence-electron chi connectivity index (χ2n) is 4.82. The summed E-state index contributed by atoms with van der Waals surface area (Å²) in [4.78, 5) is 12.3. The van der Waals surface area contributed by atoms with Gasteiger partial charge in [0.1, 0.15) is 5.60 Å². The molecule has 0 bridgehead atoms. The van der Waals surface area contributed by atoms with Gasteiger partial charge in [-0.15, -0.1) is 0 Å². The number of aliphatic hydroxyl groups is 1. The lowest BCUT2D eigenvalue weighted by Crippen LogP contribution is -2.35. The Morgan fingerprint density at radius 3 is 2.50 bits per heavy atom. The molecular formula is C14H18O2. The molecule has 0 spiro atoms. The molecule has 1 aliphatic carbocycles. The van der Waals surface area contributed by atoms with Crippen molar-refractivity contribution in [1.29, 1.82) is 0 Å². The topological polar surface area (TPSA) is 37.3 Å². The van der Waals surface area contributed by atoms with Gasteiger partial charge < -0.3 is 5.11 Å². The molecule has 2 nitrogen and oxygen atoms in total. The summed E-state index contributed by atoms with van der Waals surface area (Å²) in [5, 5.41) is 10.3. The monoisotopic (exact) mass is 218 g/mol. The highest BCUT2D eigenvalue weighted by Crippen LogP contribution is 2.33. The largest absolute Gasteiger partial charge is 0.382 e. The SMILES string of the molecule is Cc1cccc(C(=O)C2(O)CCCC2)c1C. The number of rotatable bonds is 2. The maximum Gasteiger partial charge on any atom is 0.194 e. The van der Waals surface area contributed by atoms with E-state index in [4.69, 9.17) is 0 Å². The van der Waals surface area contributed by atoms with Gasteiger partial charge in [0.05, 0.1) is 0 Å². The van der Waals surface area contributed by atoms with Crippen LogP contribution in [0.15, 0.2) is 18.2 Å². The van der Waals surface area contributed by atoms with Gasteiger partial charge in [0.15, 0.2) is 5.78 Å². The van der Waals surface area contributed by atoms with E-state index in [-0.39, 0.29) is 5.78 Å². The Labute approximate surface area is 96.3 Å². The Hall–Kier alpha value is -1.15. The second-order valence-corrected chi connectivity index (χ2v) is 4.82. The van der Waals surface area contributed by atoms with Crippen LogP contribution >= 0.6 is 0 Å². The number of benzene rings is 1. The number of carbonyl (C=O) groups is 1. The fourth-order valence-corrected chi connectivity index (χ4v) is 2.43. The van der Waals surface area contributed by atoms with Gasteiger partial charge in [-0.25, -0.2) is 0 Å². The molecule has 0 amide bonds. The minimum atomic E-state index is -1.10. The Morgan fingerprint density at radius 2 is 1.88 bits per heavy atom. The smallest absolute Gasteiger partial charge is 0.194 e. The second kappa shape index (κ2) is 4.02. The number of hydrogen-bond donors (Lipinski definition) is 1. The molecule has 1 aliphatic rings. The summed E-state index contributed by atoms with van der Waals surface area (Å²) < 4.78 is 0. The van der Waals surface area contributed by atoms with Crippen LogP contribution in [0, 0.1) is 13.8 Å². The van der Waals surface area contributed by atoms with Crippen molar-refractivity contribution in [3.8, 4) is 0 Å². The van der Waals surface area contributed by atoms with E-state index in [0.29, 0.717) is 18.4 Å². The molecule has 1 aromatic carbocycles. The molecule has 0 aromatic heterocycles. The molecular weight excluding hydrogens is 200 g/mol. The maximum atomic E-state index is 12.3. The minimum Gasteiger partial charge on any atom is -0.382 e. The first-order chi connectivity index (χ1) is 7.54. The first kappa shape index (κ1) is 11.3. The van der Waals surface area contributed by atoms with Gasteiger partial charge in [0.2, 0.25) is 0 Å². The summed E-state index contributed by atoms with van der Waals surface area (Å²) in [5.74, 6) is -0.0915. The number of ketones is 1.